The van der Waals surface area contributed by atoms with Gasteiger partial charge in [-0.05, 0) is 61.2 Å². The van der Waals surface area contributed by atoms with Crippen molar-refractivity contribution in [1.82, 2.24) is 0 Å². The molecule has 21 heavy (non-hydrogen) atoms. The van der Waals surface area contributed by atoms with Gasteiger partial charge in [0.05, 0.1) is 0 Å². The standard InChI is InChI=1S/C20H36O/c1-15(8-6-12-19(2,3)4)16-10-11-17-18(21)9-7-13-20(17,5)14-16/h15-17H,6-14H2,1-5H3/t15-,16?,17?,20-/m1/s1. The van der Waals surface area contributed by atoms with E-state index in [9.17, 15) is 4.79 Å². The van der Waals surface area contributed by atoms with Gasteiger partial charge in [0.2, 0.25) is 0 Å². The van der Waals surface area contributed by atoms with Gasteiger partial charge in [-0.25, -0.2) is 0 Å². The summed E-state index contributed by atoms with van der Waals surface area (Å²) in [6.07, 6.45) is 11.1. The van der Waals surface area contributed by atoms with Crippen molar-refractivity contribution < 1.29 is 4.79 Å². The van der Waals surface area contributed by atoms with Gasteiger partial charge in [0, 0.05) is 12.3 Å². The molecule has 0 aromatic heterocycles. The normalized spacial score (nSPS) is 35.4. The fraction of sp³-hybridized carbons (Fsp3) is 0.950. The Bertz CT molecular complexity index is 365. The van der Waals surface area contributed by atoms with E-state index >= 15 is 0 Å². The fourth-order valence-corrected chi connectivity index (χ4v) is 4.91. The highest BCUT2D eigenvalue weighted by Gasteiger charge is 2.46. The minimum atomic E-state index is 0.330. The molecule has 122 valence electrons. The van der Waals surface area contributed by atoms with Gasteiger partial charge in [-0.15, -0.1) is 0 Å². The van der Waals surface area contributed by atoms with Gasteiger partial charge in [0.1, 0.15) is 5.78 Å². The molecule has 2 aliphatic carbocycles. The van der Waals surface area contributed by atoms with Crippen LogP contribution >= 0.6 is 0 Å². The number of carbonyl (C=O) groups excluding carboxylic acids is 1. The quantitative estimate of drug-likeness (QED) is 0.619. The highest BCUT2D eigenvalue weighted by Crippen LogP contribution is 2.52. The van der Waals surface area contributed by atoms with E-state index in [2.05, 4.69) is 34.6 Å². The molecular weight excluding hydrogens is 256 g/mol. The lowest BCUT2D eigenvalue weighted by molar-refractivity contribution is -0.134. The van der Waals surface area contributed by atoms with Crippen LogP contribution in [0.2, 0.25) is 0 Å². The van der Waals surface area contributed by atoms with E-state index < -0.39 is 0 Å². The molecule has 0 N–H and O–H groups in total. The van der Waals surface area contributed by atoms with Crippen LogP contribution in [0.4, 0.5) is 0 Å². The molecule has 0 bridgehead atoms. The van der Waals surface area contributed by atoms with Crippen LogP contribution in [0.3, 0.4) is 0 Å². The summed E-state index contributed by atoms with van der Waals surface area (Å²) in [5.41, 5.74) is 0.801. The Kier molecular flexibility index (Phi) is 5.21. The maximum Gasteiger partial charge on any atom is 0.136 e. The predicted molar refractivity (Wildman–Crippen MR) is 90.3 cm³/mol. The molecule has 0 radical (unpaired) electrons. The van der Waals surface area contributed by atoms with E-state index in [0.717, 1.165) is 24.7 Å². The SMILES string of the molecule is C[C@H](CCCC(C)(C)C)C1CCC2C(=O)CCC[C@]2(C)C1. The van der Waals surface area contributed by atoms with Crippen molar-refractivity contribution >= 4 is 5.78 Å². The third-order valence-corrected chi connectivity index (χ3v) is 6.35. The zero-order chi connectivity index (χ0) is 15.7. The summed E-state index contributed by atoms with van der Waals surface area (Å²) >= 11 is 0. The number of Topliss-reactive ketones (excluding diaryl/α,β-unsaturated/α-hetero) is 1. The van der Waals surface area contributed by atoms with Gasteiger partial charge in [0.15, 0.2) is 0 Å². The summed E-state index contributed by atoms with van der Waals surface area (Å²) in [5, 5.41) is 0. The lowest BCUT2D eigenvalue weighted by Gasteiger charge is -2.48. The Labute approximate surface area is 132 Å². The molecule has 2 unspecified atom stereocenters. The Balaban J connectivity index is 1.86. The first-order valence-electron chi connectivity index (χ1n) is 9.24. The average molecular weight is 293 g/mol. The Morgan fingerprint density at radius 3 is 2.67 bits per heavy atom. The van der Waals surface area contributed by atoms with Crippen molar-refractivity contribution in [2.24, 2.45) is 28.6 Å². The summed E-state index contributed by atoms with van der Waals surface area (Å²) < 4.78 is 0. The lowest BCUT2D eigenvalue weighted by atomic mass is 9.56. The van der Waals surface area contributed by atoms with Crippen molar-refractivity contribution in [2.45, 2.75) is 92.4 Å². The second-order valence-corrected chi connectivity index (χ2v) is 9.50. The van der Waals surface area contributed by atoms with Crippen LogP contribution in [0, 0.1) is 28.6 Å². The molecule has 2 aliphatic rings. The topological polar surface area (TPSA) is 17.1 Å². The van der Waals surface area contributed by atoms with Crippen molar-refractivity contribution in [3.05, 3.63) is 0 Å². The van der Waals surface area contributed by atoms with E-state index in [1.807, 2.05) is 0 Å². The molecule has 4 atom stereocenters. The Morgan fingerprint density at radius 2 is 2.00 bits per heavy atom. The van der Waals surface area contributed by atoms with E-state index in [4.69, 9.17) is 0 Å². The summed E-state index contributed by atoms with van der Waals surface area (Å²) in [5.74, 6) is 2.66. The smallest absolute Gasteiger partial charge is 0.136 e. The monoisotopic (exact) mass is 292 g/mol. The molecular formula is C20H36O. The molecule has 0 aliphatic heterocycles. The maximum absolute atomic E-state index is 12.2. The minimum absolute atomic E-state index is 0.330. The van der Waals surface area contributed by atoms with Gasteiger partial charge in [-0.3, -0.25) is 4.79 Å². The van der Waals surface area contributed by atoms with Crippen LogP contribution in [-0.2, 0) is 4.79 Å². The van der Waals surface area contributed by atoms with Gasteiger partial charge >= 0.3 is 0 Å². The van der Waals surface area contributed by atoms with E-state index in [0.29, 0.717) is 22.5 Å². The molecule has 2 fully saturated rings. The molecule has 1 nitrogen and oxygen atoms in total. The van der Waals surface area contributed by atoms with Gasteiger partial charge in [-0.2, -0.15) is 0 Å². The predicted octanol–water partition coefficient (Wildman–Crippen LogP) is 6.01. The zero-order valence-corrected chi connectivity index (χ0v) is 15.0. The minimum Gasteiger partial charge on any atom is -0.299 e. The first-order chi connectivity index (χ1) is 9.71. The highest BCUT2D eigenvalue weighted by molar-refractivity contribution is 5.82. The van der Waals surface area contributed by atoms with Crippen molar-refractivity contribution in [1.29, 1.82) is 0 Å². The number of hydrogen-bond donors (Lipinski definition) is 0. The van der Waals surface area contributed by atoms with Crippen LogP contribution in [0.15, 0.2) is 0 Å². The van der Waals surface area contributed by atoms with E-state index in [1.165, 1.54) is 44.9 Å². The molecule has 0 heterocycles. The first-order valence-corrected chi connectivity index (χ1v) is 9.24. The molecule has 1 heteroatoms. The number of fused-ring (bicyclic) bond motifs is 1. The first kappa shape index (κ1) is 17.0. The van der Waals surface area contributed by atoms with Gasteiger partial charge in [0.25, 0.3) is 0 Å². The Morgan fingerprint density at radius 1 is 1.29 bits per heavy atom. The van der Waals surface area contributed by atoms with Crippen LogP contribution in [0.1, 0.15) is 92.4 Å². The van der Waals surface area contributed by atoms with Crippen LogP contribution in [0.25, 0.3) is 0 Å². The third-order valence-electron chi connectivity index (χ3n) is 6.35. The van der Waals surface area contributed by atoms with Crippen LogP contribution < -0.4 is 0 Å². The number of rotatable bonds is 4. The summed E-state index contributed by atoms with van der Waals surface area (Å²) in [7, 11) is 0. The van der Waals surface area contributed by atoms with Crippen molar-refractivity contribution in [3.8, 4) is 0 Å². The third kappa shape index (κ3) is 4.33. The second kappa shape index (κ2) is 6.42. The van der Waals surface area contributed by atoms with Gasteiger partial charge < -0.3 is 0 Å². The number of hydrogen-bond acceptors (Lipinski definition) is 1. The van der Waals surface area contributed by atoms with Crippen LogP contribution in [0.5, 0.6) is 0 Å². The molecule has 0 amide bonds. The zero-order valence-electron chi connectivity index (χ0n) is 15.0. The van der Waals surface area contributed by atoms with Crippen molar-refractivity contribution in [2.75, 3.05) is 0 Å². The van der Waals surface area contributed by atoms with E-state index in [1.54, 1.807) is 0 Å². The average Bonchev–Trinajstić information content (AvgIpc) is 2.36. The maximum atomic E-state index is 12.2. The molecule has 2 rings (SSSR count). The largest absolute Gasteiger partial charge is 0.299 e. The number of ketones is 1. The van der Waals surface area contributed by atoms with E-state index in [-0.39, 0.29) is 0 Å². The molecule has 0 aromatic rings. The van der Waals surface area contributed by atoms with Crippen LogP contribution in [-0.4, -0.2) is 5.78 Å². The Hall–Kier alpha value is -0.330. The number of carbonyl (C=O) groups is 1. The van der Waals surface area contributed by atoms with Gasteiger partial charge in [-0.1, -0.05) is 47.5 Å². The molecule has 0 spiro atoms. The fourth-order valence-electron chi connectivity index (χ4n) is 4.91. The summed E-state index contributed by atoms with van der Waals surface area (Å²) in [4.78, 5) is 12.2. The lowest BCUT2D eigenvalue weighted by Crippen LogP contribution is -2.43. The summed E-state index contributed by atoms with van der Waals surface area (Å²) in [6.45, 7) is 11.9. The molecule has 0 aromatic carbocycles. The van der Waals surface area contributed by atoms with Crippen molar-refractivity contribution in [3.63, 3.8) is 0 Å². The second-order valence-electron chi connectivity index (χ2n) is 9.50. The molecule has 0 saturated heterocycles. The highest BCUT2D eigenvalue weighted by atomic mass is 16.1. The molecule has 2 saturated carbocycles. The summed E-state index contributed by atoms with van der Waals surface area (Å²) in [6, 6.07) is 0.